The number of para-hydroxylation sites is 1. The Morgan fingerprint density at radius 2 is 1.78 bits per heavy atom. The summed E-state index contributed by atoms with van der Waals surface area (Å²) in [5, 5.41) is 2.80. The SMILES string of the molecule is Cc1cc(C)nc(NC(=O)c2ccccc2N2CCOCC2)n1. The van der Waals surface area contributed by atoms with Crippen LogP contribution in [0.1, 0.15) is 21.7 Å². The van der Waals surface area contributed by atoms with Gasteiger partial charge in [-0.2, -0.15) is 0 Å². The second kappa shape index (κ2) is 6.75. The third kappa shape index (κ3) is 3.65. The molecule has 1 fully saturated rings. The van der Waals surface area contributed by atoms with E-state index in [0.717, 1.165) is 30.2 Å². The maximum atomic E-state index is 12.7. The monoisotopic (exact) mass is 312 g/mol. The molecule has 6 heteroatoms. The van der Waals surface area contributed by atoms with Crippen molar-refractivity contribution in [2.45, 2.75) is 13.8 Å². The van der Waals surface area contributed by atoms with E-state index in [4.69, 9.17) is 4.74 Å². The zero-order valence-electron chi connectivity index (χ0n) is 13.4. The number of aromatic nitrogens is 2. The fourth-order valence-electron chi connectivity index (χ4n) is 2.70. The molecule has 1 amide bonds. The highest BCUT2D eigenvalue weighted by Crippen LogP contribution is 2.22. The normalized spacial score (nSPS) is 14.6. The molecule has 0 unspecified atom stereocenters. The second-order valence-electron chi connectivity index (χ2n) is 5.55. The van der Waals surface area contributed by atoms with Crippen molar-refractivity contribution in [1.82, 2.24) is 9.97 Å². The molecule has 0 radical (unpaired) electrons. The lowest BCUT2D eigenvalue weighted by Crippen LogP contribution is -2.37. The molecule has 0 aliphatic carbocycles. The molecule has 1 aromatic heterocycles. The van der Waals surface area contributed by atoms with Gasteiger partial charge < -0.3 is 9.64 Å². The minimum absolute atomic E-state index is 0.197. The minimum atomic E-state index is -0.197. The van der Waals surface area contributed by atoms with Crippen molar-refractivity contribution in [3.8, 4) is 0 Å². The zero-order chi connectivity index (χ0) is 16.2. The van der Waals surface area contributed by atoms with Crippen LogP contribution in [0, 0.1) is 13.8 Å². The second-order valence-corrected chi connectivity index (χ2v) is 5.55. The van der Waals surface area contributed by atoms with Gasteiger partial charge in [-0.3, -0.25) is 10.1 Å². The molecule has 1 saturated heterocycles. The summed E-state index contributed by atoms with van der Waals surface area (Å²) in [7, 11) is 0. The van der Waals surface area contributed by atoms with Gasteiger partial charge in [-0.25, -0.2) is 9.97 Å². The van der Waals surface area contributed by atoms with Crippen molar-refractivity contribution in [2.75, 3.05) is 36.5 Å². The number of benzene rings is 1. The van der Waals surface area contributed by atoms with E-state index in [1.54, 1.807) is 0 Å². The van der Waals surface area contributed by atoms with Gasteiger partial charge in [0.05, 0.1) is 18.8 Å². The van der Waals surface area contributed by atoms with Crippen molar-refractivity contribution in [3.63, 3.8) is 0 Å². The Labute approximate surface area is 135 Å². The molecule has 120 valence electrons. The number of ether oxygens (including phenoxy) is 1. The predicted octanol–water partition coefficient (Wildman–Crippen LogP) is 2.18. The summed E-state index contributed by atoms with van der Waals surface area (Å²) >= 11 is 0. The van der Waals surface area contributed by atoms with E-state index in [2.05, 4.69) is 20.2 Å². The number of nitrogens with one attached hydrogen (secondary N) is 1. The lowest BCUT2D eigenvalue weighted by atomic mass is 10.1. The summed E-state index contributed by atoms with van der Waals surface area (Å²) in [6, 6.07) is 9.46. The van der Waals surface area contributed by atoms with Gasteiger partial charge in [0.2, 0.25) is 5.95 Å². The van der Waals surface area contributed by atoms with Gasteiger partial charge in [-0.15, -0.1) is 0 Å². The number of hydrogen-bond acceptors (Lipinski definition) is 5. The van der Waals surface area contributed by atoms with Crippen molar-refractivity contribution in [1.29, 1.82) is 0 Å². The lowest BCUT2D eigenvalue weighted by molar-refractivity contribution is 0.102. The molecule has 6 nitrogen and oxygen atoms in total. The van der Waals surface area contributed by atoms with Crippen LogP contribution < -0.4 is 10.2 Å². The Morgan fingerprint density at radius 1 is 1.13 bits per heavy atom. The number of carbonyl (C=O) groups excluding carboxylic acids is 1. The lowest BCUT2D eigenvalue weighted by Gasteiger charge is -2.30. The number of amides is 1. The van der Waals surface area contributed by atoms with E-state index in [0.29, 0.717) is 24.7 Å². The largest absolute Gasteiger partial charge is 0.378 e. The van der Waals surface area contributed by atoms with E-state index in [1.807, 2.05) is 44.2 Å². The zero-order valence-corrected chi connectivity index (χ0v) is 13.4. The molecule has 0 atom stereocenters. The number of rotatable bonds is 3. The van der Waals surface area contributed by atoms with Gasteiger partial charge in [0.25, 0.3) is 5.91 Å². The highest BCUT2D eigenvalue weighted by molar-refractivity contribution is 6.07. The van der Waals surface area contributed by atoms with Crippen LogP contribution in [0.5, 0.6) is 0 Å². The van der Waals surface area contributed by atoms with Gasteiger partial charge in [0, 0.05) is 30.2 Å². The number of hydrogen-bond donors (Lipinski definition) is 1. The van der Waals surface area contributed by atoms with Crippen molar-refractivity contribution in [3.05, 3.63) is 47.3 Å². The Morgan fingerprint density at radius 3 is 2.48 bits per heavy atom. The van der Waals surface area contributed by atoms with Crippen LogP contribution in [0.3, 0.4) is 0 Å². The summed E-state index contributed by atoms with van der Waals surface area (Å²) in [6.45, 7) is 6.68. The summed E-state index contributed by atoms with van der Waals surface area (Å²) in [5.74, 6) is 0.140. The Hall–Kier alpha value is -2.47. The number of carbonyl (C=O) groups is 1. The van der Waals surface area contributed by atoms with Crippen molar-refractivity contribution < 1.29 is 9.53 Å². The Bertz CT molecular complexity index is 691. The van der Waals surface area contributed by atoms with Crippen molar-refractivity contribution >= 4 is 17.5 Å². The third-order valence-electron chi connectivity index (χ3n) is 3.71. The molecular weight excluding hydrogens is 292 g/mol. The Balaban J connectivity index is 1.84. The molecule has 23 heavy (non-hydrogen) atoms. The molecule has 0 spiro atoms. The van der Waals surface area contributed by atoms with Crippen LogP contribution in [-0.2, 0) is 4.74 Å². The fraction of sp³-hybridized carbons (Fsp3) is 0.353. The van der Waals surface area contributed by atoms with E-state index < -0.39 is 0 Å². The first-order valence-electron chi connectivity index (χ1n) is 7.69. The summed E-state index contributed by atoms with van der Waals surface area (Å²) in [5.41, 5.74) is 3.19. The number of morpholine rings is 1. The first kappa shape index (κ1) is 15.4. The van der Waals surface area contributed by atoms with E-state index in [9.17, 15) is 4.79 Å². The molecule has 1 N–H and O–H groups in total. The molecular formula is C17H20N4O2. The van der Waals surface area contributed by atoms with E-state index >= 15 is 0 Å². The van der Waals surface area contributed by atoms with E-state index in [-0.39, 0.29) is 5.91 Å². The fourth-order valence-corrected chi connectivity index (χ4v) is 2.70. The molecule has 1 aromatic carbocycles. The first-order valence-corrected chi connectivity index (χ1v) is 7.69. The van der Waals surface area contributed by atoms with E-state index in [1.165, 1.54) is 0 Å². The average molecular weight is 312 g/mol. The van der Waals surface area contributed by atoms with Crippen LogP contribution >= 0.6 is 0 Å². The first-order chi connectivity index (χ1) is 11.1. The quantitative estimate of drug-likeness (QED) is 0.941. The molecule has 3 rings (SSSR count). The van der Waals surface area contributed by atoms with Crippen LogP contribution in [0.15, 0.2) is 30.3 Å². The summed E-state index contributed by atoms with van der Waals surface area (Å²) in [4.78, 5) is 23.3. The van der Waals surface area contributed by atoms with Gasteiger partial charge >= 0.3 is 0 Å². The number of nitrogens with zero attached hydrogens (tertiary/aromatic N) is 3. The van der Waals surface area contributed by atoms with Crippen LogP contribution in [-0.4, -0.2) is 42.2 Å². The molecule has 2 heterocycles. The van der Waals surface area contributed by atoms with Crippen LogP contribution in [0.2, 0.25) is 0 Å². The molecule has 1 aliphatic rings. The minimum Gasteiger partial charge on any atom is -0.378 e. The van der Waals surface area contributed by atoms with Gasteiger partial charge in [0.15, 0.2) is 0 Å². The average Bonchev–Trinajstić information content (AvgIpc) is 2.54. The summed E-state index contributed by atoms with van der Waals surface area (Å²) in [6.07, 6.45) is 0. The standard InChI is InChI=1S/C17H20N4O2/c1-12-11-13(2)19-17(18-12)20-16(22)14-5-3-4-6-15(14)21-7-9-23-10-8-21/h3-6,11H,7-10H2,1-2H3,(H,18,19,20,22). The molecule has 1 aliphatic heterocycles. The summed E-state index contributed by atoms with van der Waals surface area (Å²) < 4.78 is 5.38. The number of anilines is 2. The predicted molar refractivity (Wildman–Crippen MR) is 88.9 cm³/mol. The Kier molecular flexibility index (Phi) is 4.52. The molecule has 2 aromatic rings. The maximum absolute atomic E-state index is 12.7. The van der Waals surface area contributed by atoms with Gasteiger partial charge in [-0.05, 0) is 32.0 Å². The van der Waals surface area contributed by atoms with Gasteiger partial charge in [0.1, 0.15) is 0 Å². The molecule has 0 saturated carbocycles. The highest BCUT2D eigenvalue weighted by Gasteiger charge is 2.19. The van der Waals surface area contributed by atoms with Crippen LogP contribution in [0.25, 0.3) is 0 Å². The van der Waals surface area contributed by atoms with Crippen LogP contribution in [0.4, 0.5) is 11.6 Å². The number of aryl methyl sites for hydroxylation is 2. The molecule has 0 bridgehead atoms. The van der Waals surface area contributed by atoms with Crippen molar-refractivity contribution in [2.24, 2.45) is 0 Å². The topological polar surface area (TPSA) is 67.4 Å². The third-order valence-corrected chi connectivity index (χ3v) is 3.71. The smallest absolute Gasteiger partial charge is 0.260 e. The van der Waals surface area contributed by atoms with Gasteiger partial charge in [-0.1, -0.05) is 12.1 Å². The highest BCUT2D eigenvalue weighted by atomic mass is 16.5. The maximum Gasteiger partial charge on any atom is 0.260 e.